The van der Waals surface area contributed by atoms with Crippen LogP contribution in [0.4, 0.5) is 0 Å². The van der Waals surface area contributed by atoms with Gasteiger partial charge in [0.2, 0.25) is 0 Å². The van der Waals surface area contributed by atoms with E-state index in [4.69, 9.17) is 0 Å². The Labute approximate surface area is 114 Å². The minimum absolute atomic E-state index is 0.472. The van der Waals surface area contributed by atoms with Crippen molar-refractivity contribution in [2.45, 2.75) is 65.7 Å². The predicted octanol–water partition coefficient (Wildman–Crippen LogP) is 3.57. The number of piperidine rings is 1. The van der Waals surface area contributed by atoms with Crippen LogP contribution in [-0.4, -0.2) is 26.2 Å². The van der Waals surface area contributed by atoms with E-state index in [0.29, 0.717) is 5.41 Å². The van der Waals surface area contributed by atoms with Crippen molar-refractivity contribution >= 4 is 0 Å². The van der Waals surface area contributed by atoms with Gasteiger partial charge in [-0.1, -0.05) is 40.0 Å². The van der Waals surface area contributed by atoms with Crippen LogP contribution in [0.1, 0.15) is 65.7 Å². The molecule has 0 amide bonds. The first kappa shape index (κ1) is 16.0. The molecule has 1 aliphatic heterocycles. The molecule has 1 rings (SSSR count). The van der Waals surface area contributed by atoms with E-state index >= 15 is 0 Å². The molecule has 1 aliphatic rings. The Kier molecular flexibility index (Phi) is 7.92. The first-order valence-corrected chi connectivity index (χ1v) is 8.05. The van der Waals surface area contributed by atoms with Crippen LogP contribution < -0.4 is 10.6 Å². The van der Waals surface area contributed by atoms with Crippen molar-refractivity contribution in [3.8, 4) is 0 Å². The van der Waals surface area contributed by atoms with Gasteiger partial charge in [0.05, 0.1) is 0 Å². The minimum atomic E-state index is 0.472. The third-order valence-electron chi connectivity index (χ3n) is 4.19. The van der Waals surface area contributed by atoms with Gasteiger partial charge in [-0.05, 0) is 56.7 Å². The van der Waals surface area contributed by atoms with E-state index in [0.717, 1.165) is 5.92 Å². The summed E-state index contributed by atoms with van der Waals surface area (Å²) in [5.41, 5.74) is 0.472. The number of unbranched alkanes of at least 4 members (excludes halogenated alkanes) is 2. The lowest BCUT2D eigenvalue weighted by Crippen LogP contribution is -2.34. The van der Waals surface area contributed by atoms with Crippen molar-refractivity contribution in [1.29, 1.82) is 0 Å². The summed E-state index contributed by atoms with van der Waals surface area (Å²) in [7, 11) is 0. The standard InChI is InChI=1S/C16H34N2/c1-4-5-6-10-16(2,3)14-18-12-9-15-8-7-11-17-13-15/h15,17-18H,4-14H2,1-3H3. The Balaban J connectivity index is 2.01. The zero-order valence-electron chi connectivity index (χ0n) is 12.9. The predicted molar refractivity (Wildman–Crippen MR) is 81.0 cm³/mol. The van der Waals surface area contributed by atoms with E-state index in [9.17, 15) is 0 Å². The molecule has 1 atom stereocenters. The minimum Gasteiger partial charge on any atom is -0.316 e. The molecule has 0 aromatic carbocycles. The zero-order valence-corrected chi connectivity index (χ0v) is 12.9. The summed E-state index contributed by atoms with van der Waals surface area (Å²) in [4.78, 5) is 0. The highest BCUT2D eigenvalue weighted by Gasteiger charge is 2.17. The van der Waals surface area contributed by atoms with E-state index in [-0.39, 0.29) is 0 Å². The van der Waals surface area contributed by atoms with Crippen LogP contribution in [0, 0.1) is 11.3 Å². The van der Waals surface area contributed by atoms with Gasteiger partial charge in [0.15, 0.2) is 0 Å². The van der Waals surface area contributed by atoms with Crippen LogP contribution in [0.5, 0.6) is 0 Å². The lowest BCUT2D eigenvalue weighted by atomic mass is 9.86. The van der Waals surface area contributed by atoms with Crippen LogP contribution in [0.15, 0.2) is 0 Å². The fourth-order valence-electron chi connectivity index (χ4n) is 2.85. The van der Waals surface area contributed by atoms with Crippen molar-refractivity contribution in [2.24, 2.45) is 11.3 Å². The molecule has 0 aliphatic carbocycles. The molecular weight excluding hydrogens is 220 g/mol. The largest absolute Gasteiger partial charge is 0.316 e. The summed E-state index contributed by atoms with van der Waals surface area (Å²) < 4.78 is 0. The van der Waals surface area contributed by atoms with Crippen LogP contribution in [-0.2, 0) is 0 Å². The highest BCUT2D eigenvalue weighted by atomic mass is 14.9. The number of rotatable bonds is 9. The zero-order chi connectivity index (χ0) is 13.3. The molecule has 0 bridgehead atoms. The Morgan fingerprint density at radius 1 is 1.28 bits per heavy atom. The normalized spacial score (nSPS) is 21.2. The van der Waals surface area contributed by atoms with Gasteiger partial charge in [-0.15, -0.1) is 0 Å². The van der Waals surface area contributed by atoms with E-state index in [1.165, 1.54) is 71.1 Å². The Morgan fingerprint density at radius 2 is 2.11 bits per heavy atom. The van der Waals surface area contributed by atoms with Crippen molar-refractivity contribution < 1.29 is 0 Å². The molecule has 0 saturated carbocycles. The maximum absolute atomic E-state index is 3.67. The maximum Gasteiger partial charge on any atom is 0.000252 e. The quantitative estimate of drug-likeness (QED) is 0.615. The highest BCUT2D eigenvalue weighted by molar-refractivity contribution is 4.73. The van der Waals surface area contributed by atoms with Gasteiger partial charge in [-0.3, -0.25) is 0 Å². The van der Waals surface area contributed by atoms with Crippen molar-refractivity contribution in [3.63, 3.8) is 0 Å². The van der Waals surface area contributed by atoms with Crippen LogP contribution in [0.25, 0.3) is 0 Å². The van der Waals surface area contributed by atoms with Crippen LogP contribution in [0.3, 0.4) is 0 Å². The highest BCUT2D eigenvalue weighted by Crippen LogP contribution is 2.22. The molecule has 0 radical (unpaired) electrons. The maximum atomic E-state index is 3.67. The SMILES string of the molecule is CCCCCC(C)(C)CNCCC1CCCNC1. The van der Waals surface area contributed by atoms with Crippen molar-refractivity contribution in [2.75, 3.05) is 26.2 Å². The summed E-state index contributed by atoms with van der Waals surface area (Å²) in [6.45, 7) is 11.9. The molecule has 18 heavy (non-hydrogen) atoms. The number of hydrogen-bond acceptors (Lipinski definition) is 2. The van der Waals surface area contributed by atoms with Gasteiger partial charge < -0.3 is 10.6 Å². The molecular formula is C16H34N2. The fraction of sp³-hybridized carbons (Fsp3) is 1.00. The monoisotopic (exact) mass is 254 g/mol. The lowest BCUT2D eigenvalue weighted by molar-refractivity contribution is 0.290. The first-order valence-electron chi connectivity index (χ1n) is 8.05. The molecule has 1 unspecified atom stereocenters. The van der Waals surface area contributed by atoms with Crippen LogP contribution in [0.2, 0.25) is 0 Å². The molecule has 2 nitrogen and oxygen atoms in total. The molecule has 2 N–H and O–H groups in total. The molecule has 0 spiro atoms. The topological polar surface area (TPSA) is 24.1 Å². The molecule has 0 aromatic heterocycles. The van der Waals surface area contributed by atoms with Crippen molar-refractivity contribution in [1.82, 2.24) is 10.6 Å². The summed E-state index contributed by atoms with van der Waals surface area (Å²) >= 11 is 0. The first-order chi connectivity index (χ1) is 8.64. The van der Waals surface area contributed by atoms with Gasteiger partial charge >= 0.3 is 0 Å². The summed E-state index contributed by atoms with van der Waals surface area (Å²) in [5, 5.41) is 7.17. The van der Waals surface area contributed by atoms with E-state index in [2.05, 4.69) is 31.4 Å². The van der Waals surface area contributed by atoms with Gasteiger partial charge in [-0.2, -0.15) is 0 Å². The molecule has 2 heteroatoms. The summed E-state index contributed by atoms with van der Waals surface area (Å²) in [6, 6.07) is 0. The van der Waals surface area contributed by atoms with Gasteiger partial charge in [0, 0.05) is 6.54 Å². The molecule has 108 valence electrons. The smallest absolute Gasteiger partial charge is 0.000252 e. The third kappa shape index (κ3) is 7.38. The van der Waals surface area contributed by atoms with Gasteiger partial charge in [0.25, 0.3) is 0 Å². The summed E-state index contributed by atoms with van der Waals surface area (Å²) in [6.07, 6.45) is 9.60. The summed E-state index contributed by atoms with van der Waals surface area (Å²) in [5.74, 6) is 0.912. The average molecular weight is 254 g/mol. The van der Waals surface area contributed by atoms with E-state index < -0.39 is 0 Å². The third-order valence-corrected chi connectivity index (χ3v) is 4.19. The molecule has 1 fully saturated rings. The Bertz CT molecular complexity index is 195. The Morgan fingerprint density at radius 3 is 2.78 bits per heavy atom. The van der Waals surface area contributed by atoms with Crippen molar-refractivity contribution in [3.05, 3.63) is 0 Å². The van der Waals surface area contributed by atoms with Gasteiger partial charge in [0.1, 0.15) is 0 Å². The molecule has 1 heterocycles. The average Bonchev–Trinajstić information content (AvgIpc) is 2.36. The van der Waals surface area contributed by atoms with Gasteiger partial charge in [-0.25, -0.2) is 0 Å². The fourth-order valence-corrected chi connectivity index (χ4v) is 2.85. The molecule has 0 aromatic rings. The second kappa shape index (κ2) is 8.92. The number of hydrogen-bond donors (Lipinski definition) is 2. The van der Waals surface area contributed by atoms with E-state index in [1.54, 1.807) is 0 Å². The Hall–Kier alpha value is -0.0800. The second-order valence-corrected chi connectivity index (χ2v) is 6.80. The van der Waals surface area contributed by atoms with E-state index in [1.807, 2.05) is 0 Å². The van der Waals surface area contributed by atoms with Crippen LogP contribution >= 0.6 is 0 Å². The lowest BCUT2D eigenvalue weighted by Gasteiger charge is -2.27. The molecule has 1 saturated heterocycles. The second-order valence-electron chi connectivity index (χ2n) is 6.80. The number of nitrogens with one attached hydrogen (secondary N) is 2.